The Morgan fingerprint density at radius 3 is 2.62 bits per heavy atom. The van der Waals surface area contributed by atoms with Gasteiger partial charge in [0.2, 0.25) is 0 Å². The molecule has 0 bridgehead atoms. The van der Waals surface area contributed by atoms with Gasteiger partial charge in [-0.2, -0.15) is 11.3 Å². The first-order valence-corrected chi connectivity index (χ1v) is 11.6. The molecule has 2 heterocycles. The first-order valence-electron chi connectivity index (χ1n) is 10.6. The number of aromatic amines is 1. The van der Waals surface area contributed by atoms with Crippen molar-refractivity contribution < 1.29 is 14.3 Å². The molecular weight excluding hydrogens is 424 g/mol. The molecule has 5 rings (SSSR count). The van der Waals surface area contributed by atoms with E-state index in [4.69, 9.17) is 15.2 Å². The number of ether oxygens (including phenoxy) is 2. The summed E-state index contributed by atoms with van der Waals surface area (Å²) in [5.41, 5.74) is 10.0. The third kappa shape index (κ3) is 3.33. The number of amides is 1. The zero-order valence-electron chi connectivity index (χ0n) is 17.9. The van der Waals surface area contributed by atoms with Gasteiger partial charge in [0, 0.05) is 27.6 Å². The average molecular weight is 449 g/mol. The SMILES string of the molecule is COc1cc(C)c2[nH]c(=O)c3cscc3c2c1-c1ccc(C2CCCC2OC(N)=O)cc1. The molecule has 2 aromatic heterocycles. The number of primary amides is 1. The van der Waals surface area contributed by atoms with Crippen LogP contribution in [0.25, 0.3) is 32.8 Å². The van der Waals surface area contributed by atoms with E-state index in [1.165, 1.54) is 11.3 Å². The van der Waals surface area contributed by atoms with Crippen molar-refractivity contribution in [1.29, 1.82) is 0 Å². The van der Waals surface area contributed by atoms with E-state index in [9.17, 15) is 9.59 Å². The normalized spacial score (nSPS) is 18.3. The molecule has 2 unspecified atom stereocenters. The molecule has 1 aliphatic carbocycles. The predicted molar refractivity (Wildman–Crippen MR) is 128 cm³/mol. The first-order chi connectivity index (χ1) is 15.5. The maximum atomic E-state index is 12.6. The van der Waals surface area contributed by atoms with Crippen LogP contribution in [-0.2, 0) is 4.74 Å². The van der Waals surface area contributed by atoms with E-state index >= 15 is 0 Å². The van der Waals surface area contributed by atoms with Gasteiger partial charge in [-0.05, 0) is 54.3 Å². The summed E-state index contributed by atoms with van der Waals surface area (Å²) in [4.78, 5) is 26.9. The minimum Gasteiger partial charge on any atom is -0.496 e. The van der Waals surface area contributed by atoms with Gasteiger partial charge in [-0.3, -0.25) is 4.79 Å². The monoisotopic (exact) mass is 448 g/mol. The van der Waals surface area contributed by atoms with Gasteiger partial charge in [-0.15, -0.1) is 0 Å². The minimum absolute atomic E-state index is 0.0787. The van der Waals surface area contributed by atoms with Crippen molar-refractivity contribution in [1.82, 2.24) is 4.98 Å². The molecule has 1 amide bonds. The Morgan fingerprint density at radius 2 is 1.91 bits per heavy atom. The molecule has 2 atom stereocenters. The van der Waals surface area contributed by atoms with E-state index in [1.807, 2.05) is 23.8 Å². The predicted octanol–water partition coefficient (Wildman–Crippen LogP) is 5.46. The topological polar surface area (TPSA) is 94.4 Å². The van der Waals surface area contributed by atoms with Gasteiger partial charge in [0.25, 0.3) is 5.56 Å². The summed E-state index contributed by atoms with van der Waals surface area (Å²) in [6, 6.07) is 10.3. The van der Waals surface area contributed by atoms with Crippen molar-refractivity contribution in [3.8, 4) is 16.9 Å². The van der Waals surface area contributed by atoms with E-state index in [2.05, 4.69) is 29.2 Å². The number of nitrogens with two attached hydrogens (primary N) is 1. The lowest BCUT2D eigenvalue weighted by Crippen LogP contribution is -2.24. The van der Waals surface area contributed by atoms with E-state index in [1.54, 1.807) is 7.11 Å². The number of carbonyl (C=O) groups excluding carboxylic acids is 1. The van der Waals surface area contributed by atoms with E-state index in [-0.39, 0.29) is 17.6 Å². The molecule has 0 radical (unpaired) electrons. The highest BCUT2D eigenvalue weighted by molar-refractivity contribution is 7.09. The summed E-state index contributed by atoms with van der Waals surface area (Å²) < 4.78 is 11.1. The number of H-pyrrole nitrogens is 1. The molecule has 3 N–H and O–H groups in total. The molecule has 2 aromatic carbocycles. The summed E-state index contributed by atoms with van der Waals surface area (Å²) in [6.45, 7) is 1.98. The number of hydrogen-bond donors (Lipinski definition) is 2. The highest BCUT2D eigenvalue weighted by Crippen LogP contribution is 2.43. The summed E-state index contributed by atoms with van der Waals surface area (Å²) in [5, 5.41) is 6.51. The molecular formula is C25H24N2O4S. The molecule has 7 heteroatoms. The number of rotatable bonds is 4. The Balaban J connectivity index is 1.66. The zero-order chi connectivity index (χ0) is 22.4. The Labute approximate surface area is 189 Å². The molecule has 6 nitrogen and oxygen atoms in total. The number of hydrogen-bond acceptors (Lipinski definition) is 5. The van der Waals surface area contributed by atoms with Gasteiger partial charge < -0.3 is 20.2 Å². The second-order valence-corrected chi connectivity index (χ2v) is 9.05. The van der Waals surface area contributed by atoms with E-state index in [0.29, 0.717) is 5.39 Å². The van der Waals surface area contributed by atoms with Gasteiger partial charge in [0.05, 0.1) is 18.0 Å². The van der Waals surface area contributed by atoms with Crippen LogP contribution in [0.3, 0.4) is 0 Å². The Kier molecular flexibility index (Phi) is 5.13. The fourth-order valence-electron chi connectivity index (χ4n) is 5.01. The number of pyridine rings is 1. The Morgan fingerprint density at radius 1 is 1.16 bits per heavy atom. The molecule has 1 saturated carbocycles. The number of fused-ring (bicyclic) bond motifs is 3. The maximum absolute atomic E-state index is 12.6. The van der Waals surface area contributed by atoms with Gasteiger partial charge in [0.15, 0.2) is 0 Å². The van der Waals surface area contributed by atoms with Crippen molar-refractivity contribution in [2.45, 2.75) is 38.2 Å². The van der Waals surface area contributed by atoms with Crippen LogP contribution in [0.1, 0.15) is 36.3 Å². The van der Waals surface area contributed by atoms with Crippen molar-refractivity contribution in [2.24, 2.45) is 5.73 Å². The van der Waals surface area contributed by atoms with Crippen LogP contribution >= 0.6 is 11.3 Å². The number of thiophene rings is 1. The highest BCUT2D eigenvalue weighted by atomic mass is 32.1. The molecule has 32 heavy (non-hydrogen) atoms. The summed E-state index contributed by atoms with van der Waals surface area (Å²) in [7, 11) is 1.67. The van der Waals surface area contributed by atoms with Crippen molar-refractivity contribution in [3.05, 3.63) is 62.6 Å². The van der Waals surface area contributed by atoms with Crippen LogP contribution in [0.5, 0.6) is 5.75 Å². The number of carbonyl (C=O) groups is 1. The lowest BCUT2D eigenvalue weighted by Gasteiger charge is -2.20. The average Bonchev–Trinajstić information content (AvgIpc) is 3.44. The van der Waals surface area contributed by atoms with E-state index in [0.717, 1.165) is 63.6 Å². The van der Waals surface area contributed by atoms with Crippen LogP contribution in [-0.4, -0.2) is 24.3 Å². The second-order valence-electron chi connectivity index (χ2n) is 8.31. The summed E-state index contributed by atoms with van der Waals surface area (Å²) in [6.07, 6.45) is 1.90. The Bertz CT molecular complexity index is 1390. The number of methoxy groups -OCH3 is 1. The third-order valence-electron chi connectivity index (χ3n) is 6.47. The minimum atomic E-state index is -0.719. The van der Waals surface area contributed by atoms with Crippen LogP contribution in [0.2, 0.25) is 0 Å². The number of aryl methyl sites for hydroxylation is 1. The van der Waals surface area contributed by atoms with Crippen LogP contribution in [0, 0.1) is 6.92 Å². The number of nitrogens with one attached hydrogen (secondary N) is 1. The summed E-state index contributed by atoms with van der Waals surface area (Å²) in [5.74, 6) is 0.909. The smallest absolute Gasteiger partial charge is 0.404 e. The number of aromatic nitrogens is 1. The van der Waals surface area contributed by atoms with Crippen molar-refractivity contribution in [2.75, 3.05) is 7.11 Å². The molecule has 0 spiro atoms. The molecule has 0 saturated heterocycles. The third-order valence-corrected chi connectivity index (χ3v) is 7.21. The maximum Gasteiger partial charge on any atom is 0.404 e. The molecule has 0 aliphatic heterocycles. The second kappa shape index (κ2) is 7.98. The van der Waals surface area contributed by atoms with Crippen molar-refractivity contribution >= 4 is 39.1 Å². The molecule has 4 aromatic rings. The fraction of sp³-hybridized carbons (Fsp3) is 0.280. The first kappa shape index (κ1) is 20.6. The van der Waals surface area contributed by atoms with E-state index < -0.39 is 6.09 Å². The van der Waals surface area contributed by atoms with Gasteiger partial charge in [-0.25, -0.2) is 4.79 Å². The molecule has 1 aliphatic rings. The van der Waals surface area contributed by atoms with Gasteiger partial charge in [0.1, 0.15) is 11.9 Å². The molecule has 164 valence electrons. The van der Waals surface area contributed by atoms with Crippen molar-refractivity contribution in [3.63, 3.8) is 0 Å². The largest absolute Gasteiger partial charge is 0.496 e. The summed E-state index contributed by atoms with van der Waals surface area (Å²) >= 11 is 1.52. The Hall–Kier alpha value is -3.32. The van der Waals surface area contributed by atoms with Crippen LogP contribution in [0.4, 0.5) is 4.79 Å². The van der Waals surface area contributed by atoms with Crippen LogP contribution < -0.4 is 16.0 Å². The fourth-order valence-corrected chi connectivity index (χ4v) is 5.83. The van der Waals surface area contributed by atoms with Gasteiger partial charge >= 0.3 is 6.09 Å². The number of benzene rings is 2. The zero-order valence-corrected chi connectivity index (χ0v) is 18.8. The lowest BCUT2D eigenvalue weighted by atomic mass is 9.91. The highest BCUT2D eigenvalue weighted by Gasteiger charge is 2.31. The van der Waals surface area contributed by atoms with Crippen LogP contribution in [0.15, 0.2) is 45.9 Å². The quantitative estimate of drug-likeness (QED) is 0.433. The standard InChI is InChI=1S/C25H24N2O4S/c1-13-10-20(30-2)21(22-17-11-32-12-18(17)24(28)27-23(13)22)15-8-6-14(7-9-15)16-4-3-5-19(16)31-25(26)29/h6-12,16,19H,3-5H2,1-2H3,(H2,26,29)(H,27,28). The molecule has 1 fully saturated rings. The van der Waals surface area contributed by atoms with Gasteiger partial charge in [-0.1, -0.05) is 24.3 Å². The lowest BCUT2D eigenvalue weighted by molar-refractivity contribution is 0.100.